The van der Waals surface area contributed by atoms with Gasteiger partial charge in [0.1, 0.15) is 11.6 Å². The lowest BCUT2D eigenvalue weighted by Crippen LogP contribution is -2.17. The molecule has 0 radical (unpaired) electrons. The number of rotatable bonds is 7. The van der Waals surface area contributed by atoms with Crippen molar-refractivity contribution in [2.75, 3.05) is 11.9 Å². The van der Waals surface area contributed by atoms with Crippen LogP contribution in [0.4, 0.5) is 19.0 Å². The number of anilines is 1. The molecular formula is C20H17ClF3N3O2. The zero-order valence-corrected chi connectivity index (χ0v) is 15.9. The first-order chi connectivity index (χ1) is 13.8. The normalized spacial score (nSPS) is 11.4. The van der Waals surface area contributed by atoms with Crippen molar-refractivity contribution in [2.45, 2.75) is 19.3 Å². The summed E-state index contributed by atoms with van der Waals surface area (Å²) in [5.74, 6) is -0.277. The molecule has 0 aliphatic rings. The number of carbonyl (C=O) groups excluding carboxylic acids is 1. The van der Waals surface area contributed by atoms with Crippen LogP contribution in [0.15, 0.2) is 60.8 Å². The van der Waals surface area contributed by atoms with Crippen molar-refractivity contribution in [3.63, 3.8) is 0 Å². The lowest BCUT2D eigenvalue weighted by Gasteiger charge is -2.09. The van der Waals surface area contributed by atoms with Crippen LogP contribution in [-0.2, 0) is 17.9 Å². The van der Waals surface area contributed by atoms with Crippen molar-refractivity contribution in [2.24, 2.45) is 0 Å². The van der Waals surface area contributed by atoms with Crippen molar-refractivity contribution >= 4 is 23.3 Å². The van der Waals surface area contributed by atoms with E-state index >= 15 is 0 Å². The molecule has 1 amide bonds. The van der Waals surface area contributed by atoms with E-state index in [0.29, 0.717) is 12.1 Å². The topological polar surface area (TPSA) is 56.2 Å². The van der Waals surface area contributed by atoms with Crippen LogP contribution in [0.1, 0.15) is 21.5 Å². The third-order valence-electron chi connectivity index (χ3n) is 3.86. The van der Waals surface area contributed by atoms with E-state index in [-0.39, 0.29) is 23.0 Å². The van der Waals surface area contributed by atoms with Gasteiger partial charge in [-0.2, -0.15) is 18.3 Å². The first-order valence-electron chi connectivity index (χ1n) is 8.62. The number of ether oxygens (including phenoxy) is 1. The minimum Gasteiger partial charge on any atom is -0.367 e. The standard InChI is InChI=1S/C20H17ClF3N3O2/c21-17-11-27(10-14-5-2-1-3-6-14)26-18(17)25-19(28)16-8-4-7-15(9-16)12-29-13-20(22,23)24/h1-9,11H,10,12-13H2,(H,25,26,28). The molecule has 3 aromatic rings. The molecule has 152 valence electrons. The predicted octanol–water partition coefficient (Wildman–Crippen LogP) is 4.92. The van der Waals surface area contributed by atoms with Crippen molar-refractivity contribution in [1.29, 1.82) is 0 Å². The average Bonchev–Trinajstić information content (AvgIpc) is 3.00. The van der Waals surface area contributed by atoms with E-state index in [2.05, 4.69) is 15.2 Å². The van der Waals surface area contributed by atoms with Gasteiger partial charge in [0.15, 0.2) is 5.82 Å². The smallest absolute Gasteiger partial charge is 0.367 e. The summed E-state index contributed by atoms with van der Waals surface area (Å²) in [6.07, 6.45) is -2.80. The number of hydrogen-bond donors (Lipinski definition) is 1. The maximum Gasteiger partial charge on any atom is 0.411 e. The Labute approximate surface area is 170 Å². The fourth-order valence-electron chi connectivity index (χ4n) is 2.60. The van der Waals surface area contributed by atoms with Gasteiger partial charge in [0.05, 0.1) is 13.2 Å². The molecule has 29 heavy (non-hydrogen) atoms. The highest BCUT2D eigenvalue weighted by molar-refractivity contribution is 6.33. The number of halogens is 4. The number of nitrogens with zero attached hydrogens (tertiary/aromatic N) is 2. The summed E-state index contributed by atoms with van der Waals surface area (Å²) in [7, 11) is 0. The Morgan fingerprint density at radius 2 is 1.83 bits per heavy atom. The molecule has 9 heteroatoms. The van der Waals surface area contributed by atoms with Crippen LogP contribution in [0, 0.1) is 0 Å². The molecule has 0 aliphatic carbocycles. The number of aromatic nitrogens is 2. The number of amides is 1. The molecule has 0 aliphatic heterocycles. The fourth-order valence-corrected chi connectivity index (χ4v) is 2.80. The average molecular weight is 424 g/mol. The third kappa shape index (κ3) is 6.33. The summed E-state index contributed by atoms with van der Waals surface area (Å²) in [6.45, 7) is -1.12. The predicted molar refractivity (Wildman–Crippen MR) is 103 cm³/mol. The summed E-state index contributed by atoms with van der Waals surface area (Å²) >= 11 is 6.16. The van der Waals surface area contributed by atoms with Gasteiger partial charge in [0.25, 0.3) is 5.91 Å². The summed E-state index contributed by atoms with van der Waals surface area (Å²) < 4.78 is 42.8. The van der Waals surface area contributed by atoms with E-state index in [1.54, 1.807) is 23.0 Å². The molecule has 0 unspecified atom stereocenters. The maximum atomic E-state index is 12.5. The number of nitrogens with one attached hydrogen (secondary N) is 1. The van der Waals surface area contributed by atoms with E-state index in [1.807, 2.05) is 30.3 Å². The van der Waals surface area contributed by atoms with E-state index in [1.165, 1.54) is 12.1 Å². The largest absolute Gasteiger partial charge is 0.411 e. The minimum absolute atomic E-state index is 0.200. The van der Waals surface area contributed by atoms with Crippen LogP contribution in [-0.4, -0.2) is 28.5 Å². The quantitative estimate of drug-likeness (QED) is 0.587. The molecule has 0 atom stereocenters. The van der Waals surface area contributed by atoms with Crippen molar-refractivity contribution in [1.82, 2.24) is 9.78 Å². The molecular weight excluding hydrogens is 407 g/mol. The maximum absolute atomic E-state index is 12.5. The van der Waals surface area contributed by atoms with Gasteiger partial charge < -0.3 is 10.1 Å². The highest BCUT2D eigenvalue weighted by atomic mass is 35.5. The SMILES string of the molecule is O=C(Nc1nn(Cc2ccccc2)cc1Cl)c1cccc(COCC(F)(F)F)c1. The Hall–Kier alpha value is -2.84. The summed E-state index contributed by atoms with van der Waals surface area (Å²) in [5, 5.41) is 7.17. The van der Waals surface area contributed by atoms with Gasteiger partial charge in [-0.25, -0.2) is 0 Å². The second-order valence-corrected chi connectivity index (χ2v) is 6.68. The van der Waals surface area contributed by atoms with Gasteiger partial charge in [-0.05, 0) is 23.3 Å². The van der Waals surface area contributed by atoms with Crippen molar-refractivity contribution in [3.8, 4) is 0 Å². The lowest BCUT2D eigenvalue weighted by molar-refractivity contribution is -0.176. The van der Waals surface area contributed by atoms with Crippen molar-refractivity contribution < 1.29 is 22.7 Å². The van der Waals surface area contributed by atoms with Crippen molar-refractivity contribution in [3.05, 3.63) is 82.5 Å². The second kappa shape index (κ2) is 9.11. The molecule has 0 saturated heterocycles. The number of alkyl halides is 3. The molecule has 0 fully saturated rings. The summed E-state index contributed by atoms with van der Waals surface area (Å²) in [5.41, 5.74) is 1.73. The first-order valence-corrected chi connectivity index (χ1v) is 8.99. The van der Waals surface area contributed by atoms with Crippen LogP contribution in [0.5, 0.6) is 0 Å². The Kier molecular flexibility index (Phi) is 6.56. The molecule has 0 saturated carbocycles. The van der Waals surface area contributed by atoms with Crippen LogP contribution in [0.25, 0.3) is 0 Å². The van der Waals surface area contributed by atoms with E-state index in [4.69, 9.17) is 11.6 Å². The highest BCUT2D eigenvalue weighted by Gasteiger charge is 2.27. The fraction of sp³-hybridized carbons (Fsp3) is 0.200. The van der Waals surface area contributed by atoms with Crippen LogP contribution in [0.2, 0.25) is 5.02 Å². The molecule has 1 N–H and O–H groups in total. The Bertz CT molecular complexity index is 975. The molecule has 3 rings (SSSR count). The third-order valence-corrected chi connectivity index (χ3v) is 4.14. The Morgan fingerprint density at radius 1 is 1.10 bits per heavy atom. The summed E-state index contributed by atoms with van der Waals surface area (Å²) in [6, 6.07) is 15.8. The molecule has 2 aromatic carbocycles. The molecule has 0 spiro atoms. The van der Waals surface area contributed by atoms with Crippen LogP contribution < -0.4 is 5.32 Å². The van der Waals surface area contributed by atoms with E-state index in [0.717, 1.165) is 5.56 Å². The van der Waals surface area contributed by atoms with Gasteiger partial charge >= 0.3 is 6.18 Å². The van der Waals surface area contributed by atoms with Gasteiger partial charge in [0, 0.05) is 11.8 Å². The Morgan fingerprint density at radius 3 is 2.55 bits per heavy atom. The van der Waals surface area contributed by atoms with Crippen LogP contribution in [0.3, 0.4) is 0 Å². The van der Waals surface area contributed by atoms with Gasteiger partial charge in [-0.1, -0.05) is 54.1 Å². The molecule has 1 aromatic heterocycles. The Balaban J connectivity index is 1.63. The van der Waals surface area contributed by atoms with Crippen LogP contribution >= 0.6 is 11.6 Å². The zero-order valence-electron chi connectivity index (χ0n) is 15.1. The lowest BCUT2D eigenvalue weighted by atomic mass is 10.1. The number of carbonyl (C=O) groups is 1. The minimum atomic E-state index is -4.40. The first kappa shape index (κ1) is 20.9. The number of hydrogen-bond acceptors (Lipinski definition) is 3. The molecule has 0 bridgehead atoms. The summed E-state index contributed by atoms with van der Waals surface area (Å²) in [4.78, 5) is 12.5. The van der Waals surface area contributed by atoms with Gasteiger partial charge in [0.2, 0.25) is 0 Å². The van der Waals surface area contributed by atoms with E-state index in [9.17, 15) is 18.0 Å². The van der Waals surface area contributed by atoms with Gasteiger partial charge in [-0.15, -0.1) is 0 Å². The second-order valence-electron chi connectivity index (χ2n) is 6.27. The molecule has 5 nitrogen and oxygen atoms in total. The van der Waals surface area contributed by atoms with Gasteiger partial charge in [-0.3, -0.25) is 9.48 Å². The highest BCUT2D eigenvalue weighted by Crippen LogP contribution is 2.21. The monoisotopic (exact) mass is 423 g/mol. The zero-order chi connectivity index (χ0) is 20.9. The molecule has 1 heterocycles. The van der Waals surface area contributed by atoms with E-state index < -0.39 is 18.7 Å². The number of benzene rings is 2.